The normalized spacial score (nSPS) is 15.7. The Bertz CT molecular complexity index is 908. The number of hydrazone groups is 1. The van der Waals surface area contributed by atoms with Crippen molar-refractivity contribution in [2.45, 2.75) is 0 Å². The number of ether oxygens (including phenoxy) is 1. The van der Waals surface area contributed by atoms with Crippen LogP contribution < -0.4 is 5.43 Å². The van der Waals surface area contributed by atoms with Gasteiger partial charge in [0.1, 0.15) is 0 Å². The van der Waals surface area contributed by atoms with Crippen LogP contribution in [0, 0.1) is 0 Å². The molecule has 0 spiro atoms. The number of amides is 1. The van der Waals surface area contributed by atoms with Gasteiger partial charge in [0.15, 0.2) is 0 Å². The van der Waals surface area contributed by atoms with E-state index in [4.69, 9.17) is 4.74 Å². The molecule has 0 radical (unpaired) electrons. The number of nitrogens with one attached hydrogen (secondary N) is 1. The fourth-order valence-corrected chi connectivity index (χ4v) is 3.35. The molecule has 3 aromatic rings. The van der Waals surface area contributed by atoms with Crippen molar-refractivity contribution < 1.29 is 9.53 Å². The number of benzene rings is 3. The molecule has 1 aliphatic heterocycles. The van der Waals surface area contributed by atoms with E-state index in [0.717, 1.165) is 40.2 Å². The first-order valence-corrected chi connectivity index (χ1v) is 8.84. The van der Waals surface area contributed by atoms with Crippen molar-refractivity contribution in [3.8, 4) is 0 Å². The van der Waals surface area contributed by atoms with E-state index >= 15 is 0 Å². The highest BCUT2D eigenvalue weighted by Crippen LogP contribution is 2.27. The Morgan fingerprint density at radius 2 is 1.65 bits per heavy atom. The van der Waals surface area contributed by atoms with Gasteiger partial charge >= 0.3 is 0 Å². The zero-order valence-electron chi connectivity index (χ0n) is 14.5. The van der Waals surface area contributed by atoms with Crippen LogP contribution in [-0.2, 0) is 9.53 Å². The van der Waals surface area contributed by atoms with Gasteiger partial charge in [-0.25, -0.2) is 5.43 Å². The maximum Gasteiger partial charge on any atom is 0.254 e. The van der Waals surface area contributed by atoms with E-state index in [1.54, 1.807) is 6.21 Å². The Kier molecular flexibility index (Phi) is 4.91. The van der Waals surface area contributed by atoms with E-state index in [2.05, 4.69) is 45.8 Å². The lowest BCUT2D eigenvalue weighted by Gasteiger charge is -2.25. The first kappa shape index (κ1) is 16.7. The Labute approximate surface area is 152 Å². The highest BCUT2D eigenvalue weighted by molar-refractivity contribution is 6.13. The third-order valence-electron chi connectivity index (χ3n) is 4.67. The number of fused-ring (bicyclic) bond motifs is 2. The van der Waals surface area contributed by atoms with E-state index < -0.39 is 0 Å². The molecule has 1 saturated heterocycles. The minimum absolute atomic E-state index is 0.104. The smallest absolute Gasteiger partial charge is 0.254 e. The van der Waals surface area contributed by atoms with Gasteiger partial charge in [0.25, 0.3) is 5.91 Å². The highest BCUT2D eigenvalue weighted by Gasteiger charge is 2.13. The number of rotatable bonds is 4. The van der Waals surface area contributed by atoms with Gasteiger partial charge in [-0.3, -0.25) is 9.69 Å². The second kappa shape index (κ2) is 7.64. The number of carbonyl (C=O) groups is 1. The van der Waals surface area contributed by atoms with Crippen molar-refractivity contribution in [1.82, 2.24) is 10.3 Å². The highest BCUT2D eigenvalue weighted by atomic mass is 16.5. The van der Waals surface area contributed by atoms with Gasteiger partial charge in [0.05, 0.1) is 26.0 Å². The molecule has 0 saturated carbocycles. The van der Waals surface area contributed by atoms with E-state index in [0.29, 0.717) is 19.8 Å². The quantitative estimate of drug-likeness (QED) is 0.449. The number of nitrogens with zero attached hydrogens (tertiary/aromatic N) is 2. The molecule has 1 N–H and O–H groups in total. The van der Waals surface area contributed by atoms with Crippen LogP contribution in [0.4, 0.5) is 0 Å². The van der Waals surface area contributed by atoms with Crippen molar-refractivity contribution >= 4 is 33.7 Å². The third-order valence-corrected chi connectivity index (χ3v) is 4.67. The zero-order chi connectivity index (χ0) is 17.8. The lowest BCUT2D eigenvalue weighted by Crippen LogP contribution is -2.42. The summed E-state index contributed by atoms with van der Waals surface area (Å²) < 4.78 is 5.30. The molecule has 0 unspecified atom stereocenters. The van der Waals surface area contributed by atoms with Crippen LogP contribution in [0.15, 0.2) is 59.7 Å². The predicted molar refractivity (Wildman–Crippen MR) is 104 cm³/mol. The van der Waals surface area contributed by atoms with Crippen LogP contribution in [0.1, 0.15) is 5.56 Å². The van der Waals surface area contributed by atoms with E-state index in [1.165, 1.54) is 0 Å². The van der Waals surface area contributed by atoms with Crippen LogP contribution in [0.2, 0.25) is 0 Å². The molecule has 132 valence electrons. The van der Waals surface area contributed by atoms with Crippen molar-refractivity contribution in [2.24, 2.45) is 5.10 Å². The average molecular weight is 347 g/mol. The van der Waals surface area contributed by atoms with Gasteiger partial charge in [-0.05, 0) is 27.6 Å². The minimum Gasteiger partial charge on any atom is -0.379 e. The standard InChI is InChI=1S/C21H21N3O2/c25-21(15-24-9-11-26-12-10-24)23-22-14-20-18-7-3-1-5-16(18)13-17-6-2-4-8-19(17)20/h1-8,13-14H,9-12,15H2,(H,23,25)/b22-14-. The number of hydrogen-bond donors (Lipinski definition) is 1. The molecule has 1 fully saturated rings. The topological polar surface area (TPSA) is 53.9 Å². The maximum atomic E-state index is 12.1. The van der Waals surface area contributed by atoms with E-state index in [9.17, 15) is 4.79 Å². The summed E-state index contributed by atoms with van der Waals surface area (Å²) in [5.74, 6) is -0.104. The zero-order valence-corrected chi connectivity index (χ0v) is 14.5. The fraction of sp³-hybridized carbons (Fsp3) is 0.238. The van der Waals surface area contributed by atoms with Crippen LogP contribution in [0.3, 0.4) is 0 Å². The van der Waals surface area contributed by atoms with Crippen LogP contribution in [-0.4, -0.2) is 49.9 Å². The summed E-state index contributed by atoms with van der Waals surface area (Å²) in [6.45, 7) is 3.27. The van der Waals surface area contributed by atoms with Gasteiger partial charge in [-0.1, -0.05) is 48.5 Å². The third kappa shape index (κ3) is 3.59. The summed E-state index contributed by atoms with van der Waals surface area (Å²) in [5.41, 5.74) is 3.67. The molecule has 4 rings (SSSR count). The molecule has 1 heterocycles. The largest absolute Gasteiger partial charge is 0.379 e. The lowest BCUT2D eigenvalue weighted by molar-refractivity contribution is -0.123. The number of hydrogen-bond acceptors (Lipinski definition) is 4. The molecule has 26 heavy (non-hydrogen) atoms. The molecule has 1 aliphatic rings. The second-order valence-electron chi connectivity index (χ2n) is 6.41. The Hall–Kier alpha value is -2.76. The molecule has 0 aliphatic carbocycles. The first-order chi connectivity index (χ1) is 12.8. The lowest BCUT2D eigenvalue weighted by atomic mass is 9.97. The molecule has 1 amide bonds. The summed E-state index contributed by atoms with van der Waals surface area (Å²) >= 11 is 0. The van der Waals surface area contributed by atoms with Crippen molar-refractivity contribution in [2.75, 3.05) is 32.8 Å². The molecule has 0 bridgehead atoms. The monoisotopic (exact) mass is 347 g/mol. The van der Waals surface area contributed by atoms with E-state index in [-0.39, 0.29) is 5.91 Å². The first-order valence-electron chi connectivity index (χ1n) is 8.84. The van der Waals surface area contributed by atoms with Crippen LogP contribution in [0.25, 0.3) is 21.5 Å². The van der Waals surface area contributed by atoms with Crippen LogP contribution in [0.5, 0.6) is 0 Å². The van der Waals surface area contributed by atoms with Crippen molar-refractivity contribution in [3.05, 3.63) is 60.2 Å². The summed E-state index contributed by atoms with van der Waals surface area (Å²) in [5, 5.41) is 8.79. The summed E-state index contributed by atoms with van der Waals surface area (Å²) in [4.78, 5) is 14.2. The summed E-state index contributed by atoms with van der Waals surface area (Å²) in [6, 6.07) is 18.6. The predicted octanol–water partition coefficient (Wildman–Crippen LogP) is 2.78. The Morgan fingerprint density at radius 3 is 2.31 bits per heavy atom. The Morgan fingerprint density at radius 1 is 1.04 bits per heavy atom. The van der Waals surface area contributed by atoms with Crippen LogP contribution >= 0.6 is 0 Å². The molecular formula is C21H21N3O2. The SMILES string of the molecule is O=C(CN1CCOCC1)N/N=C\c1c2ccccc2cc2ccccc12. The Balaban J connectivity index is 1.57. The van der Waals surface area contributed by atoms with E-state index in [1.807, 2.05) is 24.3 Å². The van der Waals surface area contributed by atoms with Gasteiger partial charge < -0.3 is 4.74 Å². The van der Waals surface area contributed by atoms with Gasteiger partial charge in [0, 0.05) is 18.7 Å². The maximum absolute atomic E-state index is 12.1. The number of carbonyl (C=O) groups excluding carboxylic acids is 1. The average Bonchev–Trinajstić information content (AvgIpc) is 2.68. The molecular weight excluding hydrogens is 326 g/mol. The fourth-order valence-electron chi connectivity index (χ4n) is 3.35. The van der Waals surface area contributed by atoms with Gasteiger partial charge in [-0.15, -0.1) is 0 Å². The molecule has 3 aromatic carbocycles. The van der Waals surface area contributed by atoms with Crippen molar-refractivity contribution in [3.63, 3.8) is 0 Å². The second-order valence-corrected chi connectivity index (χ2v) is 6.41. The molecule has 0 aromatic heterocycles. The van der Waals surface area contributed by atoms with Crippen molar-refractivity contribution in [1.29, 1.82) is 0 Å². The minimum atomic E-state index is -0.104. The summed E-state index contributed by atoms with van der Waals surface area (Å²) in [6.07, 6.45) is 1.75. The van der Waals surface area contributed by atoms with Gasteiger partial charge in [-0.2, -0.15) is 5.10 Å². The molecule has 5 heteroatoms. The number of morpholine rings is 1. The summed E-state index contributed by atoms with van der Waals surface area (Å²) in [7, 11) is 0. The van der Waals surface area contributed by atoms with Gasteiger partial charge in [0.2, 0.25) is 0 Å². The molecule has 0 atom stereocenters. The molecule has 5 nitrogen and oxygen atoms in total.